The molecule has 0 saturated heterocycles. The summed E-state index contributed by atoms with van der Waals surface area (Å²) in [6.07, 6.45) is 3.84. The van der Waals surface area contributed by atoms with Crippen molar-refractivity contribution in [3.05, 3.63) is 47.5 Å². The molecule has 82 valence electrons. The molecule has 0 atom stereocenters. The van der Waals surface area contributed by atoms with E-state index in [4.69, 9.17) is 11.6 Å². The maximum atomic E-state index is 11.6. The number of nitrogens with zero attached hydrogens (tertiary/aromatic N) is 3. The third-order valence-corrected chi connectivity index (χ3v) is 2.47. The Hall–Kier alpha value is -1.68. The average molecular weight is 236 g/mol. The van der Waals surface area contributed by atoms with Crippen LogP contribution in [0.3, 0.4) is 0 Å². The molecule has 0 spiro atoms. The Labute approximate surface area is 97.9 Å². The van der Waals surface area contributed by atoms with Gasteiger partial charge >= 0.3 is 0 Å². The van der Waals surface area contributed by atoms with Gasteiger partial charge in [-0.3, -0.25) is 4.79 Å². The third-order valence-electron chi connectivity index (χ3n) is 2.22. The molecule has 0 fully saturated rings. The van der Waals surface area contributed by atoms with E-state index in [1.165, 1.54) is 17.3 Å². The van der Waals surface area contributed by atoms with E-state index in [-0.39, 0.29) is 5.91 Å². The van der Waals surface area contributed by atoms with E-state index < -0.39 is 0 Å². The maximum Gasteiger partial charge on any atom is 0.248 e. The van der Waals surface area contributed by atoms with Gasteiger partial charge in [-0.15, -0.1) is 0 Å². The van der Waals surface area contributed by atoms with Crippen LogP contribution in [0.1, 0.15) is 16.8 Å². The zero-order valence-electron chi connectivity index (χ0n) is 8.51. The molecule has 1 aromatic heterocycles. The molecular weight excluding hydrogens is 226 g/mol. The molecule has 1 aromatic carbocycles. The molecule has 1 heterocycles. The Balaban J connectivity index is 1.93. The summed E-state index contributed by atoms with van der Waals surface area (Å²) in [5.74, 6) is -0.0625. The van der Waals surface area contributed by atoms with Gasteiger partial charge in [-0.2, -0.15) is 9.78 Å². The monoisotopic (exact) mass is 235 g/mol. The summed E-state index contributed by atoms with van der Waals surface area (Å²) in [5, 5.41) is 4.48. The van der Waals surface area contributed by atoms with Crippen LogP contribution in [0.15, 0.2) is 36.9 Å². The van der Waals surface area contributed by atoms with Crippen molar-refractivity contribution in [3.63, 3.8) is 0 Å². The first kappa shape index (κ1) is 10.8. The minimum Gasteiger partial charge on any atom is -0.273 e. The first-order valence-corrected chi connectivity index (χ1v) is 5.26. The Morgan fingerprint density at radius 3 is 2.69 bits per heavy atom. The fourth-order valence-corrected chi connectivity index (χ4v) is 1.48. The number of carbonyl (C=O) groups excluding carboxylic acids is 1. The molecule has 0 aliphatic heterocycles. The van der Waals surface area contributed by atoms with Crippen LogP contribution in [0.25, 0.3) is 0 Å². The smallest absolute Gasteiger partial charge is 0.248 e. The summed E-state index contributed by atoms with van der Waals surface area (Å²) in [4.78, 5) is 15.3. The first-order chi connectivity index (χ1) is 7.75. The topological polar surface area (TPSA) is 47.8 Å². The minimum absolute atomic E-state index is 0.0625. The molecule has 5 heteroatoms. The van der Waals surface area contributed by atoms with Gasteiger partial charge in [-0.05, 0) is 24.1 Å². The van der Waals surface area contributed by atoms with E-state index in [2.05, 4.69) is 10.1 Å². The van der Waals surface area contributed by atoms with E-state index >= 15 is 0 Å². The van der Waals surface area contributed by atoms with Gasteiger partial charge in [0.05, 0.1) is 0 Å². The van der Waals surface area contributed by atoms with Crippen LogP contribution in [0.2, 0.25) is 5.02 Å². The third kappa shape index (κ3) is 2.67. The van der Waals surface area contributed by atoms with Crippen molar-refractivity contribution < 1.29 is 4.79 Å². The minimum atomic E-state index is -0.0625. The summed E-state index contributed by atoms with van der Waals surface area (Å²) in [6.45, 7) is 0. The van der Waals surface area contributed by atoms with Gasteiger partial charge < -0.3 is 0 Å². The maximum absolute atomic E-state index is 11.6. The standard InChI is InChI=1S/C11H10ClN3O/c12-10-4-1-9(2-5-10)3-6-11(16)15-8-13-7-14-15/h1-2,4-5,7-8H,3,6H2. The number of hydrogen-bond acceptors (Lipinski definition) is 3. The highest BCUT2D eigenvalue weighted by atomic mass is 35.5. The van der Waals surface area contributed by atoms with E-state index in [1.54, 1.807) is 0 Å². The number of rotatable bonds is 3. The van der Waals surface area contributed by atoms with E-state index in [0.29, 0.717) is 17.9 Å². The number of benzene rings is 1. The van der Waals surface area contributed by atoms with Gasteiger partial charge in [0, 0.05) is 11.4 Å². The van der Waals surface area contributed by atoms with Gasteiger partial charge in [0.2, 0.25) is 5.91 Å². The molecular formula is C11H10ClN3O. The van der Waals surface area contributed by atoms with Crippen molar-refractivity contribution in [1.29, 1.82) is 0 Å². The Kier molecular flexibility index (Phi) is 3.31. The second-order valence-electron chi connectivity index (χ2n) is 3.36. The first-order valence-electron chi connectivity index (χ1n) is 4.88. The molecule has 0 bridgehead atoms. The number of aromatic nitrogens is 3. The molecule has 0 aliphatic rings. The normalized spacial score (nSPS) is 10.3. The van der Waals surface area contributed by atoms with Gasteiger partial charge in [-0.25, -0.2) is 4.98 Å². The Bertz CT molecular complexity index is 464. The van der Waals surface area contributed by atoms with E-state index in [0.717, 1.165) is 5.56 Å². The number of halogens is 1. The van der Waals surface area contributed by atoms with Crippen molar-refractivity contribution >= 4 is 17.5 Å². The lowest BCUT2D eigenvalue weighted by Crippen LogP contribution is -2.11. The molecule has 0 radical (unpaired) electrons. The molecule has 0 saturated carbocycles. The van der Waals surface area contributed by atoms with Crippen molar-refractivity contribution in [3.8, 4) is 0 Å². The van der Waals surface area contributed by atoms with Crippen LogP contribution in [-0.4, -0.2) is 20.7 Å². The molecule has 0 unspecified atom stereocenters. The zero-order valence-corrected chi connectivity index (χ0v) is 9.26. The van der Waals surface area contributed by atoms with Crippen LogP contribution in [0.5, 0.6) is 0 Å². The largest absolute Gasteiger partial charge is 0.273 e. The highest BCUT2D eigenvalue weighted by Crippen LogP contribution is 2.11. The van der Waals surface area contributed by atoms with Crippen LogP contribution in [-0.2, 0) is 6.42 Å². The lowest BCUT2D eigenvalue weighted by atomic mass is 10.1. The second kappa shape index (κ2) is 4.90. The summed E-state index contributed by atoms with van der Waals surface area (Å²) in [5.41, 5.74) is 1.08. The van der Waals surface area contributed by atoms with Gasteiger partial charge in [0.1, 0.15) is 12.7 Å². The van der Waals surface area contributed by atoms with Crippen LogP contribution in [0, 0.1) is 0 Å². The second-order valence-corrected chi connectivity index (χ2v) is 3.80. The quantitative estimate of drug-likeness (QED) is 0.820. The van der Waals surface area contributed by atoms with Crippen LogP contribution in [0.4, 0.5) is 0 Å². The van der Waals surface area contributed by atoms with Crippen molar-refractivity contribution in [2.24, 2.45) is 0 Å². The lowest BCUT2D eigenvalue weighted by molar-refractivity contribution is 0.0887. The van der Waals surface area contributed by atoms with E-state index in [1.807, 2.05) is 24.3 Å². The number of carbonyl (C=O) groups is 1. The summed E-state index contributed by atoms with van der Waals surface area (Å²) < 4.78 is 1.25. The van der Waals surface area contributed by atoms with Crippen molar-refractivity contribution in [1.82, 2.24) is 14.8 Å². The highest BCUT2D eigenvalue weighted by molar-refractivity contribution is 6.30. The van der Waals surface area contributed by atoms with Crippen molar-refractivity contribution in [2.45, 2.75) is 12.8 Å². The molecule has 4 nitrogen and oxygen atoms in total. The SMILES string of the molecule is O=C(CCc1ccc(Cl)cc1)n1cncn1. The van der Waals surface area contributed by atoms with Gasteiger partial charge in [-0.1, -0.05) is 23.7 Å². The fraction of sp³-hybridized carbons (Fsp3) is 0.182. The summed E-state index contributed by atoms with van der Waals surface area (Å²) >= 11 is 5.77. The molecule has 2 rings (SSSR count). The predicted molar refractivity (Wildman–Crippen MR) is 60.4 cm³/mol. The van der Waals surface area contributed by atoms with Crippen molar-refractivity contribution in [2.75, 3.05) is 0 Å². The summed E-state index contributed by atoms with van der Waals surface area (Å²) in [6, 6.07) is 7.46. The predicted octanol–water partition coefficient (Wildman–Crippen LogP) is 2.20. The summed E-state index contributed by atoms with van der Waals surface area (Å²) in [7, 11) is 0. The lowest BCUT2D eigenvalue weighted by Gasteiger charge is -2.01. The fourth-order valence-electron chi connectivity index (χ4n) is 1.35. The Morgan fingerprint density at radius 2 is 2.06 bits per heavy atom. The molecule has 0 aliphatic carbocycles. The van der Waals surface area contributed by atoms with Gasteiger partial charge in [0.25, 0.3) is 0 Å². The highest BCUT2D eigenvalue weighted by Gasteiger charge is 2.05. The average Bonchev–Trinajstić information content (AvgIpc) is 2.81. The number of hydrogen-bond donors (Lipinski definition) is 0. The molecule has 0 amide bonds. The van der Waals surface area contributed by atoms with Gasteiger partial charge in [0.15, 0.2) is 0 Å². The zero-order chi connectivity index (χ0) is 11.4. The number of aryl methyl sites for hydroxylation is 1. The van der Waals surface area contributed by atoms with Crippen LogP contribution >= 0.6 is 11.6 Å². The molecule has 0 N–H and O–H groups in total. The van der Waals surface area contributed by atoms with E-state index in [9.17, 15) is 4.79 Å². The molecule has 2 aromatic rings. The van der Waals surface area contributed by atoms with Crippen LogP contribution < -0.4 is 0 Å². The molecule has 16 heavy (non-hydrogen) atoms. The Morgan fingerprint density at radius 1 is 1.31 bits per heavy atom.